The van der Waals surface area contributed by atoms with Gasteiger partial charge in [-0.3, -0.25) is 0 Å². The van der Waals surface area contributed by atoms with E-state index in [2.05, 4.69) is 5.92 Å². The molecular weight excluding hydrogens is 144 g/mol. The van der Waals surface area contributed by atoms with E-state index in [0.717, 1.165) is 12.8 Å². The third-order valence-corrected chi connectivity index (χ3v) is 2.77. The molecule has 1 aliphatic carbocycles. The van der Waals surface area contributed by atoms with Crippen LogP contribution in [-0.4, -0.2) is 5.38 Å². The van der Waals surface area contributed by atoms with Gasteiger partial charge in [0.2, 0.25) is 0 Å². The van der Waals surface area contributed by atoms with Gasteiger partial charge < -0.3 is 0 Å². The lowest BCUT2D eigenvalue weighted by Crippen LogP contribution is -2.18. The number of alkyl halides is 1. The standard InChI is InChI=1S/C9H13Cl/c1-2-5-8-6-3-4-7-9(8)10/h1,8-9H,3-7H2. The summed E-state index contributed by atoms with van der Waals surface area (Å²) in [4.78, 5) is 0. The van der Waals surface area contributed by atoms with Crippen molar-refractivity contribution in [2.24, 2.45) is 5.92 Å². The van der Waals surface area contributed by atoms with Gasteiger partial charge in [0.1, 0.15) is 0 Å². The van der Waals surface area contributed by atoms with E-state index < -0.39 is 0 Å². The van der Waals surface area contributed by atoms with Crippen LogP contribution in [0.2, 0.25) is 0 Å². The van der Waals surface area contributed by atoms with Crippen molar-refractivity contribution >= 4 is 11.6 Å². The summed E-state index contributed by atoms with van der Waals surface area (Å²) in [6, 6.07) is 0. The summed E-state index contributed by atoms with van der Waals surface area (Å²) >= 11 is 6.07. The molecule has 0 spiro atoms. The molecule has 0 saturated heterocycles. The molecule has 0 bridgehead atoms. The van der Waals surface area contributed by atoms with Gasteiger partial charge in [0.25, 0.3) is 0 Å². The minimum atomic E-state index is 0.352. The zero-order valence-corrected chi connectivity index (χ0v) is 6.90. The summed E-state index contributed by atoms with van der Waals surface area (Å²) in [5, 5.41) is 0.352. The molecule has 10 heavy (non-hydrogen) atoms. The second-order valence-electron chi connectivity index (χ2n) is 2.97. The zero-order chi connectivity index (χ0) is 7.40. The highest BCUT2D eigenvalue weighted by atomic mass is 35.5. The largest absolute Gasteiger partial charge is 0.123 e. The molecule has 1 rings (SSSR count). The van der Waals surface area contributed by atoms with E-state index in [1.54, 1.807) is 0 Å². The average Bonchev–Trinajstić information content (AvgIpc) is 1.94. The number of hydrogen-bond donors (Lipinski definition) is 0. The third kappa shape index (κ3) is 1.92. The molecule has 0 aromatic carbocycles. The molecule has 0 radical (unpaired) electrons. The molecule has 1 saturated carbocycles. The molecular formula is C9H13Cl. The molecule has 2 atom stereocenters. The average molecular weight is 157 g/mol. The molecule has 1 heteroatoms. The monoisotopic (exact) mass is 156 g/mol. The van der Waals surface area contributed by atoms with E-state index in [0.29, 0.717) is 11.3 Å². The quantitative estimate of drug-likeness (QED) is 0.405. The van der Waals surface area contributed by atoms with Gasteiger partial charge in [-0.2, -0.15) is 0 Å². The molecule has 0 aromatic heterocycles. The van der Waals surface area contributed by atoms with Crippen molar-refractivity contribution < 1.29 is 0 Å². The lowest BCUT2D eigenvalue weighted by molar-refractivity contribution is 0.372. The summed E-state index contributed by atoms with van der Waals surface area (Å²) in [6.45, 7) is 0. The highest BCUT2D eigenvalue weighted by Crippen LogP contribution is 2.30. The highest BCUT2D eigenvalue weighted by Gasteiger charge is 2.21. The van der Waals surface area contributed by atoms with Crippen molar-refractivity contribution in [2.45, 2.75) is 37.5 Å². The number of rotatable bonds is 1. The molecule has 2 unspecified atom stereocenters. The Kier molecular flexibility index (Phi) is 3.09. The number of hydrogen-bond acceptors (Lipinski definition) is 0. The molecule has 0 aliphatic heterocycles. The topological polar surface area (TPSA) is 0 Å². The third-order valence-electron chi connectivity index (χ3n) is 2.20. The van der Waals surface area contributed by atoms with Crippen molar-refractivity contribution in [2.75, 3.05) is 0 Å². The molecule has 0 aromatic rings. The Morgan fingerprint density at radius 3 is 2.70 bits per heavy atom. The van der Waals surface area contributed by atoms with Gasteiger partial charge in [-0.25, -0.2) is 0 Å². The SMILES string of the molecule is C#CCC1CCCCC1Cl. The summed E-state index contributed by atoms with van der Waals surface area (Å²) in [6.07, 6.45) is 11.1. The van der Waals surface area contributed by atoms with Crippen LogP contribution in [0.25, 0.3) is 0 Å². The van der Waals surface area contributed by atoms with E-state index in [4.69, 9.17) is 18.0 Å². The van der Waals surface area contributed by atoms with Crippen molar-refractivity contribution in [1.29, 1.82) is 0 Å². The maximum absolute atomic E-state index is 6.07. The number of terminal acetylenes is 1. The van der Waals surface area contributed by atoms with Crippen LogP contribution < -0.4 is 0 Å². The molecule has 56 valence electrons. The molecule has 0 heterocycles. The van der Waals surface area contributed by atoms with E-state index >= 15 is 0 Å². The first kappa shape index (κ1) is 7.95. The Morgan fingerprint density at radius 2 is 2.10 bits per heavy atom. The van der Waals surface area contributed by atoms with Crippen LogP contribution in [-0.2, 0) is 0 Å². The first-order chi connectivity index (χ1) is 4.84. The second-order valence-corrected chi connectivity index (χ2v) is 3.53. The Labute approximate surface area is 68.0 Å². The normalized spacial score (nSPS) is 33.2. The Morgan fingerprint density at radius 1 is 1.40 bits per heavy atom. The molecule has 0 amide bonds. The van der Waals surface area contributed by atoms with E-state index in [1.807, 2.05) is 0 Å². The summed E-state index contributed by atoms with van der Waals surface area (Å²) in [7, 11) is 0. The fourth-order valence-electron chi connectivity index (χ4n) is 1.54. The minimum absolute atomic E-state index is 0.352. The highest BCUT2D eigenvalue weighted by molar-refractivity contribution is 6.20. The van der Waals surface area contributed by atoms with Gasteiger partial charge in [-0.05, 0) is 18.8 Å². The Hall–Kier alpha value is -0.150. The fraction of sp³-hybridized carbons (Fsp3) is 0.778. The van der Waals surface area contributed by atoms with Gasteiger partial charge in [-0.15, -0.1) is 23.9 Å². The predicted molar refractivity (Wildman–Crippen MR) is 45.0 cm³/mol. The van der Waals surface area contributed by atoms with E-state index in [-0.39, 0.29) is 0 Å². The maximum atomic E-state index is 6.07. The van der Waals surface area contributed by atoms with Gasteiger partial charge in [-0.1, -0.05) is 12.8 Å². The summed E-state index contributed by atoms with van der Waals surface area (Å²) in [5.74, 6) is 3.28. The van der Waals surface area contributed by atoms with Crippen LogP contribution in [0, 0.1) is 18.3 Å². The predicted octanol–water partition coefficient (Wildman–Crippen LogP) is 2.81. The lowest BCUT2D eigenvalue weighted by atomic mass is 9.87. The first-order valence-corrected chi connectivity index (χ1v) is 4.35. The van der Waals surface area contributed by atoms with Crippen LogP contribution in [0.5, 0.6) is 0 Å². The van der Waals surface area contributed by atoms with Crippen molar-refractivity contribution in [3.63, 3.8) is 0 Å². The van der Waals surface area contributed by atoms with E-state index in [9.17, 15) is 0 Å². The van der Waals surface area contributed by atoms with Gasteiger partial charge in [0.15, 0.2) is 0 Å². The van der Waals surface area contributed by atoms with Gasteiger partial charge >= 0.3 is 0 Å². The second kappa shape index (κ2) is 3.88. The van der Waals surface area contributed by atoms with Crippen molar-refractivity contribution in [3.05, 3.63) is 0 Å². The van der Waals surface area contributed by atoms with Crippen molar-refractivity contribution in [1.82, 2.24) is 0 Å². The van der Waals surface area contributed by atoms with Crippen LogP contribution in [0.15, 0.2) is 0 Å². The molecule has 1 fully saturated rings. The Bertz CT molecular complexity index is 134. The van der Waals surface area contributed by atoms with Crippen LogP contribution in [0.3, 0.4) is 0 Å². The summed E-state index contributed by atoms with van der Waals surface area (Å²) in [5.41, 5.74) is 0. The maximum Gasteiger partial charge on any atom is 0.0373 e. The minimum Gasteiger partial charge on any atom is -0.123 e. The molecule has 1 aliphatic rings. The smallest absolute Gasteiger partial charge is 0.0373 e. The molecule has 0 nitrogen and oxygen atoms in total. The fourth-order valence-corrected chi connectivity index (χ4v) is 1.91. The van der Waals surface area contributed by atoms with Crippen LogP contribution >= 0.6 is 11.6 Å². The lowest BCUT2D eigenvalue weighted by Gasteiger charge is -2.24. The van der Waals surface area contributed by atoms with Crippen LogP contribution in [0.4, 0.5) is 0 Å². The van der Waals surface area contributed by atoms with Gasteiger partial charge in [0, 0.05) is 11.8 Å². The van der Waals surface area contributed by atoms with Crippen LogP contribution in [0.1, 0.15) is 32.1 Å². The number of halogens is 1. The molecule has 0 N–H and O–H groups in total. The van der Waals surface area contributed by atoms with E-state index in [1.165, 1.54) is 19.3 Å². The first-order valence-electron chi connectivity index (χ1n) is 3.92. The zero-order valence-electron chi connectivity index (χ0n) is 6.15. The van der Waals surface area contributed by atoms with Gasteiger partial charge in [0.05, 0.1) is 0 Å². The summed E-state index contributed by atoms with van der Waals surface area (Å²) < 4.78 is 0. The van der Waals surface area contributed by atoms with Crippen molar-refractivity contribution in [3.8, 4) is 12.3 Å². The Balaban J connectivity index is 2.34.